The van der Waals surface area contributed by atoms with E-state index in [4.69, 9.17) is 0 Å². The lowest BCUT2D eigenvalue weighted by molar-refractivity contribution is -0.0389. The first-order valence-electron chi connectivity index (χ1n) is 10.2. The molecule has 1 aliphatic rings. The van der Waals surface area contributed by atoms with Crippen molar-refractivity contribution in [2.75, 3.05) is 13.1 Å². The van der Waals surface area contributed by atoms with Gasteiger partial charge in [0.15, 0.2) is 5.82 Å². The van der Waals surface area contributed by atoms with Crippen molar-refractivity contribution in [3.8, 4) is 22.4 Å². The van der Waals surface area contributed by atoms with Crippen LogP contribution in [-0.4, -0.2) is 33.1 Å². The summed E-state index contributed by atoms with van der Waals surface area (Å²) in [5.41, 5.74) is 3.55. The Morgan fingerprint density at radius 3 is 2.77 bits per heavy atom. The molecule has 0 amide bonds. The summed E-state index contributed by atoms with van der Waals surface area (Å²) in [6.45, 7) is 3.54. The van der Waals surface area contributed by atoms with Gasteiger partial charge in [0.25, 0.3) is 0 Å². The third-order valence-corrected chi connectivity index (χ3v) is 6.21. The zero-order valence-corrected chi connectivity index (χ0v) is 16.7. The normalized spacial score (nSPS) is 21.8. The summed E-state index contributed by atoms with van der Waals surface area (Å²) in [4.78, 5) is 11.7. The molecule has 1 aromatic carbocycles. The molecule has 6 heteroatoms. The Hall–Kier alpha value is -3.09. The number of pyridine rings is 2. The largest absolute Gasteiger partial charge is 0.385 e. The standard InChI is InChI=1S/C24H23FN4O/c1-15-12-26-10-8-24(15,30)19-13-28-21(11-18(19)16-5-3-2-4-6-16)17-7-9-27-23-22(17)20(25)14-29-23/h2-7,9,11,13-15,26,30H,8,10,12H2,1H3,(H,27,29)/t15-,24?/m0/s1. The van der Waals surface area contributed by atoms with Gasteiger partial charge in [0.2, 0.25) is 0 Å². The van der Waals surface area contributed by atoms with Crippen LogP contribution in [-0.2, 0) is 5.60 Å². The van der Waals surface area contributed by atoms with Crippen molar-refractivity contribution in [2.24, 2.45) is 5.92 Å². The third kappa shape index (κ3) is 3.00. The average Bonchev–Trinajstić information content (AvgIpc) is 3.17. The molecule has 1 saturated heterocycles. The summed E-state index contributed by atoms with van der Waals surface area (Å²) < 4.78 is 14.5. The van der Waals surface area contributed by atoms with Crippen LogP contribution in [0.3, 0.4) is 0 Å². The van der Waals surface area contributed by atoms with E-state index in [1.807, 2.05) is 36.4 Å². The van der Waals surface area contributed by atoms with Crippen molar-refractivity contribution in [1.82, 2.24) is 20.3 Å². The zero-order valence-electron chi connectivity index (χ0n) is 16.7. The van der Waals surface area contributed by atoms with E-state index in [0.29, 0.717) is 28.7 Å². The average molecular weight is 402 g/mol. The summed E-state index contributed by atoms with van der Waals surface area (Å²) in [6, 6.07) is 13.7. The van der Waals surface area contributed by atoms with Gasteiger partial charge >= 0.3 is 0 Å². The number of nitrogens with one attached hydrogen (secondary N) is 2. The van der Waals surface area contributed by atoms with E-state index in [1.54, 1.807) is 18.5 Å². The van der Waals surface area contributed by atoms with Gasteiger partial charge in [-0.15, -0.1) is 0 Å². The molecule has 1 fully saturated rings. The highest BCUT2D eigenvalue weighted by Gasteiger charge is 2.40. The van der Waals surface area contributed by atoms with Crippen molar-refractivity contribution < 1.29 is 9.50 Å². The monoisotopic (exact) mass is 402 g/mol. The van der Waals surface area contributed by atoms with Crippen LogP contribution in [0.2, 0.25) is 0 Å². The van der Waals surface area contributed by atoms with Crippen molar-refractivity contribution in [2.45, 2.75) is 18.9 Å². The van der Waals surface area contributed by atoms with E-state index < -0.39 is 5.60 Å². The molecule has 5 rings (SSSR count). The van der Waals surface area contributed by atoms with Gasteiger partial charge in [0.1, 0.15) is 5.65 Å². The Labute approximate surface area is 174 Å². The molecule has 4 heterocycles. The molecule has 2 atom stereocenters. The number of aromatic nitrogens is 3. The molecular weight excluding hydrogens is 379 g/mol. The minimum Gasteiger partial charge on any atom is -0.385 e. The first kappa shape index (κ1) is 18.9. The minimum atomic E-state index is -0.977. The van der Waals surface area contributed by atoms with Gasteiger partial charge in [-0.05, 0) is 36.2 Å². The molecule has 152 valence electrons. The van der Waals surface area contributed by atoms with Gasteiger partial charge in [0.05, 0.1) is 16.7 Å². The second kappa shape index (κ2) is 7.31. The molecule has 1 aliphatic heterocycles. The topological polar surface area (TPSA) is 73.8 Å². The number of fused-ring (bicyclic) bond motifs is 1. The first-order valence-corrected chi connectivity index (χ1v) is 10.2. The van der Waals surface area contributed by atoms with Crippen molar-refractivity contribution in [3.05, 3.63) is 72.4 Å². The number of benzene rings is 1. The number of aliphatic hydroxyl groups is 1. The summed E-state index contributed by atoms with van der Waals surface area (Å²) >= 11 is 0. The molecule has 3 N–H and O–H groups in total. The van der Waals surface area contributed by atoms with Crippen LogP contribution in [0.4, 0.5) is 4.39 Å². The van der Waals surface area contributed by atoms with Gasteiger partial charge in [-0.1, -0.05) is 37.3 Å². The van der Waals surface area contributed by atoms with Crippen LogP contribution in [0.5, 0.6) is 0 Å². The number of H-pyrrole nitrogens is 1. The number of aromatic amines is 1. The van der Waals surface area contributed by atoms with E-state index >= 15 is 0 Å². The molecule has 30 heavy (non-hydrogen) atoms. The molecule has 0 saturated carbocycles. The maximum Gasteiger partial charge on any atom is 0.150 e. The van der Waals surface area contributed by atoms with Gasteiger partial charge < -0.3 is 15.4 Å². The Morgan fingerprint density at radius 1 is 1.13 bits per heavy atom. The van der Waals surface area contributed by atoms with Crippen molar-refractivity contribution in [3.63, 3.8) is 0 Å². The van der Waals surface area contributed by atoms with E-state index in [9.17, 15) is 9.50 Å². The number of hydrogen-bond donors (Lipinski definition) is 3. The quantitative estimate of drug-likeness (QED) is 0.479. The second-order valence-electron chi connectivity index (χ2n) is 7.98. The molecule has 3 aromatic heterocycles. The third-order valence-electron chi connectivity index (χ3n) is 6.21. The fourth-order valence-corrected chi connectivity index (χ4v) is 4.45. The number of piperidine rings is 1. The fraction of sp³-hybridized carbons (Fsp3) is 0.250. The Bertz CT molecular complexity index is 1210. The van der Waals surface area contributed by atoms with Crippen LogP contribution in [0.1, 0.15) is 18.9 Å². The highest BCUT2D eigenvalue weighted by Crippen LogP contribution is 2.41. The Morgan fingerprint density at radius 2 is 1.97 bits per heavy atom. The van der Waals surface area contributed by atoms with Crippen LogP contribution in [0, 0.1) is 11.7 Å². The lowest BCUT2D eigenvalue weighted by Gasteiger charge is -2.40. The maximum atomic E-state index is 14.5. The van der Waals surface area contributed by atoms with Crippen LogP contribution < -0.4 is 5.32 Å². The number of nitrogens with zero attached hydrogens (tertiary/aromatic N) is 2. The summed E-state index contributed by atoms with van der Waals surface area (Å²) in [5, 5.41) is 15.4. The molecule has 5 nitrogen and oxygen atoms in total. The molecule has 0 radical (unpaired) electrons. The molecule has 0 spiro atoms. The molecule has 0 bridgehead atoms. The summed E-state index contributed by atoms with van der Waals surface area (Å²) in [6.07, 6.45) is 5.33. The van der Waals surface area contributed by atoms with Crippen molar-refractivity contribution >= 4 is 11.0 Å². The minimum absolute atomic E-state index is 0.0381. The van der Waals surface area contributed by atoms with E-state index in [2.05, 4.69) is 27.2 Å². The van der Waals surface area contributed by atoms with E-state index in [0.717, 1.165) is 29.8 Å². The predicted octanol–water partition coefficient (Wildman–Crippen LogP) is 4.25. The predicted molar refractivity (Wildman–Crippen MR) is 115 cm³/mol. The lowest BCUT2D eigenvalue weighted by atomic mass is 9.75. The number of rotatable bonds is 3. The lowest BCUT2D eigenvalue weighted by Crippen LogP contribution is -2.47. The highest BCUT2D eigenvalue weighted by molar-refractivity contribution is 5.93. The van der Waals surface area contributed by atoms with Crippen LogP contribution >= 0.6 is 0 Å². The fourth-order valence-electron chi connectivity index (χ4n) is 4.45. The summed E-state index contributed by atoms with van der Waals surface area (Å²) in [5.74, 6) is -0.318. The smallest absolute Gasteiger partial charge is 0.150 e. The Kier molecular flexibility index (Phi) is 4.60. The van der Waals surface area contributed by atoms with E-state index in [-0.39, 0.29) is 11.7 Å². The molecule has 1 unspecified atom stereocenters. The van der Waals surface area contributed by atoms with E-state index in [1.165, 1.54) is 6.20 Å². The highest BCUT2D eigenvalue weighted by atomic mass is 19.1. The maximum absolute atomic E-state index is 14.5. The molecule has 4 aromatic rings. The zero-order chi connectivity index (χ0) is 20.7. The first-order chi connectivity index (χ1) is 14.6. The molecule has 0 aliphatic carbocycles. The van der Waals surface area contributed by atoms with Crippen molar-refractivity contribution in [1.29, 1.82) is 0 Å². The van der Waals surface area contributed by atoms with Gasteiger partial charge in [-0.25, -0.2) is 9.37 Å². The Balaban J connectivity index is 1.74. The van der Waals surface area contributed by atoms with Gasteiger partial charge in [-0.2, -0.15) is 0 Å². The van der Waals surface area contributed by atoms with Gasteiger partial charge in [0, 0.05) is 42.2 Å². The van der Waals surface area contributed by atoms with Crippen LogP contribution in [0.15, 0.2) is 61.1 Å². The number of hydrogen-bond acceptors (Lipinski definition) is 4. The molecular formula is C24H23FN4O. The van der Waals surface area contributed by atoms with Crippen LogP contribution in [0.25, 0.3) is 33.4 Å². The summed E-state index contributed by atoms with van der Waals surface area (Å²) in [7, 11) is 0. The number of halogens is 1. The SMILES string of the molecule is C[C@H]1CNCCC1(O)c1cnc(-c2ccnc3[nH]cc(F)c23)cc1-c1ccccc1. The van der Waals surface area contributed by atoms with Gasteiger partial charge in [-0.3, -0.25) is 4.98 Å². The second-order valence-corrected chi connectivity index (χ2v) is 7.98.